The van der Waals surface area contributed by atoms with Gasteiger partial charge in [-0.2, -0.15) is 5.26 Å². The molecule has 1 amide bonds. The van der Waals surface area contributed by atoms with Crippen molar-refractivity contribution >= 4 is 5.91 Å². The monoisotopic (exact) mass is 333 g/mol. The van der Waals surface area contributed by atoms with Crippen LogP contribution >= 0.6 is 0 Å². The van der Waals surface area contributed by atoms with Gasteiger partial charge in [-0.3, -0.25) is 9.78 Å². The Labute approximate surface area is 140 Å². The summed E-state index contributed by atoms with van der Waals surface area (Å²) in [5.41, 5.74) is 0.0398. The summed E-state index contributed by atoms with van der Waals surface area (Å²) in [4.78, 5) is 18.5. The molecule has 24 heavy (non-hydrogen) atoms. The summed E-state index contributed by atoms with van der Waals surface area (Å²) >= 11 is 0. The molecule has 0 bridgehead atoms. The number of nitriles is 1. The number of amides is 1. The molecule has 1 saturated heterocycles. The highest BCUT2D eigenvalue weighted by atomic mass is 19.3. The van der Waals surface area contributed by atoms with Crippen molar-refractivity contribution in [2.24, 2.45) is 5.92 Å². The van der Waals surface area contributed by atoms with E-state index in [4.69, 9.17) is 0 Å². The lowest BCUT2D eigenvalue weighted by Gasteiger charge is -2.39. The molecule has 2 aliphatic rings. The van der Waals surface area contributed by atoms with Crippen LogP contribution in [0.5, 0.6) is 0 Å². The van der Waals surface area contributed by atoms with Crippen LogP contribution in [-0.4, -0.2) is 34.8 Å². The number of carbonyl (C=O) groups is 1. The Hall–Kier alpha value is -2.03. The maximum atomic E-state index is 13.6. The van der Waals surface area contributed by atoms with Crippen LogP contribution in [0.25, 0.3) is 0 Å². The molecule has 3 rings (SSSR count). The Morgan fingerprint density at radius 2 is 2.04 bits per heavy atom. The summed E-state index contributed by atoms with van der Waals surface area (Å²) in [7, 11) is 0. The molecule has 2 heterocycles. The van der Waals surface area contributed by atoms with Gasteiger partial charge < -0.3 is 4.90 Å². The number of hydrogen-bond acceptors (Lipinski definition) is 3. The largest absolute Gasteiger partial charge is 0.342 e. The lowest BCUT2D eigenvalue weighted by molar-refractivity contribution is -0.144. The summed E-state index contributed by atoms with van der Waals surface area (Å²) in [6, 6.07) is 7.85. The molecular formula is C18H21F2N3O. The van der Waals surface area contributed by atoms with Crippen molar-refractivity contribution in [3.63, 3.8) is 0 Å². The second kappa shape index (κ2) is 6.46. The molecule has 1 aromatic rings. The molecule has 1 aliphatic carbocycles. The van der Waals surface area contributed by atoms with E-state index in [1.54, 1.807) is 17.2 Å². The molecule has 0 radical (unpaired) electrons. The van der Waals surface area contributed by atoms with Gasteiger partial charge in [0.2, 0.25) is 11.8 Å². The predicted octanol–water partition coefficient (Wildman–Crippen LogP) is 3.29. The summed E-state index contributed by atoms with van der Waals surface area (Å²) in [6.07, 6.45) is 3.13. The van der Waals surface area contributed by atoms with Gasteiger partial charge in [0, 0.05) is 38.0 Å². The van der Waals surface area contributed by atoms with Crippen molar-refractivity contribution in [1.29, 1.82) is 5.26 Å². The second-order valence-electron chi connectivity index (χ2n) is 6.88. The standard InChI is InChI=1S/C18H21F2N3O/c19-18(20)6-3-4-14(12-18)16(24)23-10-7-17(13-21,8-11-23)15-5-1-2-9-22-15/h1-2,5,9,14H,3-4,6-8,10-12H2. The summed E-state index contributed by atoms with van der Waals surface area (Å²) in [6.45, 7) is 0.843. The van der Waals surface area contributed by atoms with Gasteiger partial charge in [-0.05, 0) is 37.8 Å². The van der Waals surface area contributed by atoms with Gasteiger partial charge in [-0.1, -0.05) is 6.07 Å². The first kappa shape index (κ1) is 16.8. The number of alkyl halides is 2. The van der Waals surface area contributed by atoms with Crippen molar-refractivity contribution in [2.75, 3.05) is 13.1 Å². The number of likely N-dealkylation sites (tertiary alicyclic amines) is 1. The van der Waals surface area contributed by atoms with Crippen LogP contribution < -0.4 is 0 Å². The van der Waals surface area contributed by atoms with Crippen LogP contribution in [0.2, 0.25) is 0 Å². The number of pyridine rings is 1. The average molecular weight is 333 g/mol. The molecule has 4 nitrogen and oxygen atoms in total. The van der Waals surface area contributed by atoms with Crippen molar-refractivity contribution in [3.05, 3.63) is 30.1 Å². The van der Waals surface area contributed by atoms with Crippen molar-refractivity contribution in [2.45, 2.75) is 49.9 Å². The molecule has 6 heteroatoms. The summed E-state index contributed by atoms with van der Waals surface area (Å²) in [5, 5.41) is 9.64. The molecule has 2 fully saturated rings. The van der Waals surface area contributed by atoms with Crippen LogP contribution in [0.3, 0.4) is 0 Å². The van der Waals surface area contributed by atoms with E-state index < -0.39 is 17.3 Å². The summed E-state index contributed by atoms with van der Waals surface area (Å²) in [5.74, 6) is -3.49. The molecule has 1 aromatic heterocycles. The van der Waals surface area contributed by atoms with E-state index in [0.29, 0.717) is 38.8 Å². The number of rotatable bonds is 2. The van der Waals surface area contributed by atoms with Gasteiger partial charge >= 0.3 is 0 Å². The number of aromatic nitrogens is 1. The van der Waals surface area contributed by atoms with Gasteiger partial charge in [0.05, 0.1) is 11.8 Å². The van der Waals surface area contributed by atoms with E-state index in [2.05, 4.69) is 11.1 Å². The van der Waals surface area contributed by atoms with Crippen LogP contribution in [0.4, 0.5) is 8.78 Å². The molecular weight excluding hydrogens is 312 g/mol. The quantitative estimate of drug-likeness (QED) is 0.834. The molecule has 1 aliphatic heterocycles. The zero-order chi connectivity index (χ0) is 17.2. The Bertz CT molecular complexity index is 633. The van der Waals surface area contributed by atoms with E-state index in [1.165, 1.54) is 0 Å². The lowest BCUT2D eigenvalue weighted by Crippen LogP contribution is -2.48. The molecule has 1 saturated carbocycles. The maximum absolute atomic E-state index is 13.6. The fourth-order valence-corrected chi connectivity index (χ4v) is 3.82. The first-order valence-electron chi connectivity index (χ1n) is 8.45. The highest BCUT2D eigenvalue weighted by Crippen LogP contribution is 2.39. The van der Waals surface area contributed by atoms with Gasteiger partial charge in [-0.15, -0.1) is 0 Å². The van der Waals surface area contributed by atoms with Gasteiger partial charge in [0.25, 0.3) is 0 Å². The van der Waals surface area contributed by atoms with Crippen LogP contribution in [-0.2, 0) is 10.2 Å². The van der Waals surface area contributed by atoms with E-state index in [1.807, 2.05) is 12.1 Å². The normalized spacial score (nSPS) is 25.7. The van der Waals surface area contributed by atoms with Crippen LogP contribution in [0.1, 0.15) is 44.2 Å². The summed E-state index contributed by atoms with van der Waals surface area (Å²) < 4.78 is 27.1. The van der Waals surface area contributed by atoms with Gasteiger partial charge in [-0.25, -0.2) is 8.78 Å². The third-order valence-corrected chi connectivity index (χ3v) is 5.29. The average Bonchev–Trinajstić information content (AvgIpc) is 2.61. The first-order valence-corrected chi connectivity index (χ1v) is 8.45. The third kappa shape index (κ3) is 3.26. The smallest absolute Gasteiger partial charge is 0.248 e. The highest BCUT2D eigenvalue weighted by Gasteiger charge is 2.43. The van der Waals surface area contributed by atoms with Gasteiger partial charge in [0.1, 0.15) is 5.41 Å². The van der Waals surface area contributed by atoms with Gasteiger partial charge in [0.15, 0.2) is 0 Å². The zero-order valence-electron chi connectivity index (χ0n) is 13.5. The number of carbonyl (C=O) groups excluding carboxylic acids is 1. The first-order chi connectivity index (χ1) is 11.5. The van der Waals surface area contributed by atoms with Crippen molar-refractivity contribution in [1.82, 2.24) is 9.88 Å². The van der Waals surface area contributed by atoms with Crippen LogP contribution in [0, 0.1) is 17.2 Å². The Morgan fingerprint density at radius 3 is 2.62 bits per heavy atom. The van der Waals surface area contributed by atoms with E-state index in [0.717, 1.165) is 5.69 Å². The minimum Gasteiger partial charge on any atom is -0.342 e. The Morgan fingerprint density at radius 1 is 1.29 bits per heavy atom. The number of halogens is 2. The van der Waals surface area contributed by atoms with Crippen LogP contribution in [0.15, 0.2) is 24.4 Å². The maximum Gasteiger partial charge on any atom is 0.248 e. The zero-order valence-corrected chi connectivity index (χ0v) is 13.5. The molecule has 1 atom stereocenters. The SMILES string of the molecule is N#CC1(c2ccccn2)CCN(C(=O)C2CCCC(F)(F)C2)CC1. The fraction of sp³-hybridized carbons (Fsp3) is 0.611. The molecule has 0 spiro atoms. The molecule has 1 unspecified atom stereocenters. The van der Waals surface area contributed by atoms with E-state index >= 15 is 0 Å². The lowest BCUT2D eigenvalue weighted by atomic mass is 9.76. The topological polar surface area (TPSA) is 57.0 Å². The fourth-order valence-electron chi connectivity index (χ4n) is 3.82. The predicted molar refractivity (Wildman–Crippen MR) is 84.2 cm³/mol. The van der Waals surface area contributed by atoms with E-state index in [-0.39, 0.29) is 18.7 Å². The van der Waals surface area contributed by atoms with E-state index in [9.17, 15) is 18.8 Å². The van der Waals surface area contributed by atoms with Crippen molar-refractivity contribution in [3.8, 4) is 6.07 Å². The highest BCUT2D eigenvalue weighted by molar-refractivity contribution is 5.79. The molecule has 0 N–H and O–H groups in total. The number of piperidine rings is 1. The second-order valence-corrected chi connectivity index (χ2v) is 6.88. The number of hydrogen-bond donors (Lipinski definition) is 0. The Balaban J connectivity index is 1.66. The Kier molecular flexibility index (Phi) is 4.53. The minimum atomic E-state index is -2.72. The van der Waals surface area contributed by atoms with Crippen molar-refractivity contribution < 1.29 is 13.6 Å². The number of nitrogens with zero attached hydrogens (tertiary/aromatic N) is 3. The molecule has 128 valence electrons. The molecule has 0 aromatic carbocycles. The minimum absolute atomic E-state index is 0.117. The third-order valence-electron chi connectivity index (χ3n) is 5.29.